The van der Waals surface area contributed by atoms with Crippen molar-refractivity contribution in [1.82, 2.24) is 9.71 Å². The molecule has 4 rings (SSSR count). The van der Waals surface area contributed by atoms with Gasteiger partial charge in [-0.2, -0.15) is 0 Å². The van der Waals surface area contributed by atoms with Crippen molar-refractivity contribution in [3.63, 3.8) is 0 Å². The van der Waals surface area contributed by atoms with Crippen molar-refractivity contribution in [2.24, 2.45) is 5.92 Å². The van der Waals surface area contributed by atoms with Crippen molar-refractivity contribution in [3.8, 4) is 0 Å². The number of rotatable bonds is 5. The molecule has 1 aliphatic heterocycles. The second kappa shape index (κ2) is 7.09. The van der Waals surface area contributed by atoms with Crippen LogP contribution in [-0.4, -0.2) is 19.4 Å². The lowest BCUT2D eigenvalue weighted by atomic mass is 9.77. The van der Waals surface area contributed by atoms with Crippen LogP contribution in [0, 0.1) is 5.92 Å². The van der Waals surface area contributed by atoms with Crippen LogP contribution in [0.15, 0.2) is 59.8 Å². The summed E-state index contributed by atoms with van der Waals surface area (Å²) in [6.45, 7) is 3.85. The first-order valence-electron chi connectivity index (χ1n) is 9.49. The van der Waals surface area contributed by atoms with Crippen LogP contribution in [0.1, 0.15) is 49.8 Å². The zero-order chi connectivity index (χ0) is 19.0. The maximum atomic E-state index is 12.7. The Kier molecular flexibility index (Phi) is 4.78. The number of aromatic nitrogens is 1. The lowest BCUT2D eigenvalue weighted by molar-refractivity contribution is 0.424. The highest BCUT2D eigenvalue weighted by Gasteiger charge is 2.38. The molecule has 5 nitrogen and oxygen atoms in total. The number of benzene rings is 1. The molecule has 0 amide bonds. The number of fused-ring (bicyclic) bond motifs is 3. The van der Waals surface area contributed by atoms with Gasteiger partial charge in [0.05, 0.1) is 10.9 Å². The first-order chi connectivity index (χ1) is 13.0. The second-order valence-corrected chi connectivity index (χ2v) is 9.16. The monoisotopic (exact) mass is 383 g/mol. The van der Waals surface area contributed by atoms with E-state index in [-0.39, 0.29) is 18.0 Å². The summed E-state index contributed by atoms with van der Waals surface area (Å²) in [6, 6.07) is 9.56. The van der Waals surface area contributed by atoms with Gasteiger partial charge in [0.25, 0.3) is 0 Å². The Morgan fingerprint density at radius 3 is 2.93 bits per heavy atom. The topological polar surface area (TPSA) is 71.1 Å². The van der Waals surface area contributed by atoms with E-state index in [2.05, 4.69) is 33.2 Å². The molecule has 0 fully saturated rings. The van der Waals surface area contributed by atoms with Gasteiger partial charge in [-0.05, 0) is 61.1 Å². The number of hydrogen-bond donors (Lipinski definition) is 2. The average molecular weight is 384 g/mol. The predicted octanol–water partition coefficient (Wildman–Crippen LogP) is 3.98. The fourth-order valence-corrected chi connectivity index (χ4v) is 5.41. The third-order valence-corrected chi connectivity index (χ3v) is 7.24. The van der Waals surface area contributed by atoms with Crippen LogP contribution in [0.25, 0.3) is 0 Å². The van der Waals surface area contributed by atoms with Crippen molar-refractivity contribution >= 4 is 15.7 Å². The molecule has 0 saturated carbocycles. The fourth-order valence-electron chi connectivity index (χ4n) is 4.05. The van der Waals surface area contributed by atoms with E-state index in [0.29, 0.717) is 10.8 Å². The highest BCUT2D eigenvalue weighted by atomic mass is 32.2. The van der Waals surface area contributed by atoms with E-state index in [1.165, 1.54) is 0 Å². The molecule has 1 aromatic carbocycles. The molecule has 0 saturated heterocycles. The zero-order valence-corrected chi connectivity index (χ0v) is 16.4. The van der Waals surface area contributed by atoms with Crippen molar-refractivity contribution < 1.29 is 8.42 Å². The third kappa shape index (κ3) is 3.39. The Balaban J connectivity index is 1.71. The Morgan fingerprint density at radius 1 is 1.33 bits per heavy atom. The van der Waals surface area contributed by atoms with E-state index < -0.39 is 10.0 Å². The first kappa shape index (κ1) is 18.2. The van der Waals surface area contributed by atoms with Crippen LogP contribution in [0.2, 0.25) is 0 Å². The van der Waals surface area contributed by atoms with Gasteiger partial charge in [-0.15, -0.1) is 0 Å². The van der Waals surface area contributed by atoms with Gasteiger partial charge in [-0.25, -0.2) is 13.1 Å². The quantitative estimate of drug-likeness (QED) is 0.766. The molecule has 2 N–H and O–H groups in total. The van der Waals surface area contributed by atoms with E-state index in [4.69, 9.17) is 0 Å². The molecule has 0 bridgehead atoms. The van der Waals surface area contributed by atoms with Gasteiger partial charge in [0.15, 0.2) is 0 Å². The molecular weight excluding hydrogens is 358 g/mol. The van der Waals surface area contributed by atoms with Gasteiger partial charge in [0.2, 0.25) is 10.0 Å². The summed E-state index contributed by atoms with van der Waals surface area (Å²) in [5.74, 6) is 0.576. The zero-order valence-electron chi connectivity index (χ0n) is 15.6. The molecule has 2 aliphatic rings. The number of hydrogen-bond acceptors (Lipinski definition) is 4. The summed E-state index contributed by atoms with van der Waals surface area (Å²) >= 11 is 0. The minimum Gasteiger partial charge on any atom is -0.378 e. The molecule has 4 unspecified atom stereocenters. The maximum Gasteiger partial charge on any atom is 0.240 e. The van der Waals surface area contributed by atoms with E-state index in [1.54, 1.807) is 12.3 Å². The van der Waals surface area contributed by atoms with Crippen LogP contribution < -0.4 is 10.0 Å². The number of allylic oxidation sites excluding steroid dienone is 2. The summed E-state index contributed by atoms with van der Waals surface area (Å²) in [5.41, 5.74) is 3.22. The lowest BCUT2D eigenvalue weighted by Gasteiger charge is -2.37. The average Bonchev–Trinajstić information content (AvgIpc) is 3.17. The molecular formula is C21H25N3O2S. The molecule has 0 spiro atoms. The number of nitrogens with one attached hydrogen (secondary N) is 2. The van der Waals surface area contributed by atoms with Gasteiger partial charge in [-0.3, -0.25) is 4.98 Å². The summed E-state index contributed by atoms with van der Waals surface area (Å²) < 4.78 is 28.2. The second-order valence-electron chi connectivity index (χ2n) is 7.44. The molecule has 4 atom stereocenters. The van der Waals surface area contributed by atoms with Gasteiger partial charge < -0.3 is 5.32 Å². The Hall–Kier alpha value is -2.18. The van der Waals surface area contributed by atoms with Crippen LogP contribution >= 0.6 is 0 Å². The van der Waals surface area contributed by atoms with Crippen LogP contribution in [0.3, 0.4) is 0 Å². The van der Waals surface area contributed by atoms with Crippen molar-refractivity contribution in [2.45, 2.75) is 49.6 Å². The third-order valence-electron chi connectivity index (χ3n) is 5.66. The smallest absolute Gasteiger partial charge is 0.240 e. The van der Waals surface area contributed by atoms with Gasteiger partial charge in [-0.1, -0.05) is 25.1 Å². The summed E-state index contributed by atoms with van der Waals surface area (Å²) in [5, 5.41) is 3.62. The molecule has 27 heavy (non-hydrogen) atoms. The normalized spacial score (nSPS) is 24.7. The standard InChI is InChI=1S/C21H25N3O2S/c1-3-14(2)24-27(25,26)16-9-10-20-19(12-16)17-7-4-8-18(17)21(23-20)15-6-5-11-22-13-15/h4-7,9-14,17-18,21,23-24H,3,8H2,1-2H3. The van der Waals surface area contributed by atoms with E-state index in [0.717, 1.165) is 29.7 Å². The van der Waals surface area contributed by atoms with E-state index >= 15 is 0 Å². The van der Waals surface area contributed by atoms with Crippen molar-refractivity contribution in [1.29, 1.82) is 0 Å². The van der Waals surface area contributed by atoms with Crippen LogP contribution in [-0.2, 0) is 10.0 Å². The first-order valence-corrected chi connectivity index (χ1v) is 11.0. The van der Waals surface area contributed by atoms with Crippen molar-refractivity contribution in [3.05, 3.63) is 66.0 Å². The number of nitrogens with zero attached hydrogens (tertiary/aromatic N) is 1. The molecule has 2 aromatic rings. The minimum atomic E-state index is -3.51. The van der Waals surface area contributed by atoms with Gasteiger partial charge >= 0.3 is 0 Å². The molecule has 142 valence electrons. The number of sulfonamides is 1. The maximum absolute atomic E-state index is 12.7. The highest BCUT2D eigenvalue weighted by Crippen LogP contribution is 2.50. The predicted molar refractivity (Wildman–Crippen MR) is 107 cm³/mol. The number of anilines is 1. The Labute approximate surface area is 161 Å². The minimum absolute atomic E-state index is 0.0850. The van der Waals surface area contributed by atoms with Crippen LogP contribution in [0.4, 0.5) is 5.69 Å². The molecule has 2 heterocycles. The summed E-state index contributed by atoms with van der Waals surface area (Å²) in [4.78, 5) is 4.60. The Bertz CT molecular complexity index is 957. The Morgan fingerprint density at radius 2 is 2.19 bits per heavy atom. The molecule has 1 aromatic heterocycles. The largest absolute Gasteiger partial charge is 0.378 e. The van der Waals surface area contributed by atoms with Crippen LogP contribution in [0.5, 0.6) is 0 Å². The molecule has 6 heteroatoms. The van der Waals surface area contributed by atoms with E-state index in [1.807, 2.05) is 38.2 Å². The number of pyridine rings is 1. The SMILES string of the molecule is CCC(C)NS(=O)(=O)c1ccc2c(c1)C1C=CCC1C(c1cccnc1)N2. The van der Waals surface area contributed by atoms with Gasteiger partial charge in [0, 0.05) is 30.0 Å². The highest BCUT2D eigenvalue weighted by molar-refractivity contribution is 7.89. The molecule has 1 aliphatic carbocycles. The van der Waals surface area contributed by atoms with Crippen molar-refractivity contribution in [2.75, 3.05) is 5.32 Å². The van der Waals surface area contributed by atoms with Gasteiger partial charge in [0.1, 0.15) is 0 Å². The van der Waals surface area contributed by atoms with E-state index in [9.17, 15) is 8.42 Å². The summed E-state index contributed by atoms with van der Waals surface area (Å²) in [7, 11) is -3.51. The summed E-state index contributed by atoms with van der Waals surface area (Å²) in [6.07, 6.45) is 9.84. The molecule has 0 radical (unpaired) electrons. The lowest BCUT2D eigenvalue weighted by Crippen LogP contribution is -2.33. The fraction of sp³-hybridized carbons (Fsp3) is 0.381.